The minimum Gasteiger partial charge on any atom is -0.335 e. The second-order valence-corrected chi connectivity index (χ2v) is 6.93. The van der Waals surface area contributed by atoms with Gasteiger partial charge >= 0.3 is 6.03 Å². The first-order valence-corrected chi connectivity index (χ1v) is 9.16. The lowest BCUT2D eigenvalue weighted by molar-refractivity contribution is 0.186. The second-order valence-electron chi connectivity index (χ2n) is 6.93. The molecule has 1 aliphatic heterocycles. The number of rotatable bonds is 5. The van der Waals surface area contributed by atoms with Gasteiger partial charge in [0.05, 0.1) is 0 Å². The quantitative estimate of drug-likeness (QED) is 0.861. The van der Waals surface area contributed by atoms with Gasteiger partial charge in [0.2, 0.25) is 0 Å². The van der Waals surface area contributed by atoms with Crippen molar-refractivity contribution in [2.24, 2.45) is 0 Å². The van der Waals surface area contributed by atoms with Crippen molar-refractivity contribution < 1.29 is 9.18 Å². The predicted molar refractivity (Wildman–Crippen MR) is 101 cm³/mol. The van der Waals surface area contributed by atoms with Gasteiger partial charge < -0.3 is 10.6 Å². The van der Waals surface area contributed by atoms with Crippen LogP contribution in [0.2, 0.25) is 0 Å². The fourth-order valence-corrected chi connectivity index (χ4v) is 3.33. The number of amides is 2. The van der Waals surface area contributed by atoms with E-state index in [1.54, 1.807) is 12.1 Å². The number of benzene rings is 2. The van der Waals surface area contributed by atoms with Crippen LogP contribution in [0.25, 0.3) is 0 Å². The van der Waals surface area contributed by atoms with Crippen LogP contribution < -0.4 is 10.6 Å². The van der Waals surface area contributed by atoms with E-state index in [2.05, 4.69) is 46.7 Å². The van der Waals surface area contributed by atoms with Gasteiger partial charge in [0.15, 0.2) is 0 Å². The minimum absolute atomic E-state index is 0.188. The molecule has 5 heteroatoms. The van der Waals surface area contributed by atoms with Crippen molar-refractivity contribution >= 4 is 6.03 Å². The molecule has 2 aromatic carbocycles. The number of halogens is 1. The van der Waals surface area contributed by atoms with Crippen LogP contribution in [0.3, 0.4) is 0 Å². The van der Waals surface area contributed by atoms with Crippen LogP contribution in [0.4, 0.5) is 9.18 Å². The van der Waals surface area contributed by atoms with Gasteiger partial charge in [-0.1, -0.05) is 36.4 Å². The molecule has 1 saturated heterocycles. The monoisotopic (exact) mass is 355 g/mol. The maximum absolute atomic E-state index is 13.1. The Kier molecular flexibility index (Phi) is 6.23. The summed E-state index contributed by atoms with van der Waals surface area (Å²) in [7, 11) is 0. The molecule has 0 saturated carbocycles. The van der Waals surface area contributed by atoms with Crippen LogP contribution in [0.15, 0.2) is 48.5 Å². The maximum Gasteiger partial charge on any atom is 0.315 e. The molecule has 0 unspecified atom stereocenters. The van der Waals surface area contributed by atoms with E-state index in [1.165, 1.54) is 23.3 Å². The number of nitrogens with one attached hydrogen (secondary N) is 2. The molecular weight excluding hydrogens is 329 g/mol. The minimum atomic E-state index is -0.286. The lowest BCUT2D eigenvalue weighted by Gasteiger charge is -2.32. The number of likely N-dealkylation sites (tertiary alicyclic amines) is 1. The number of piperidine rings is 1. The van der Waals surface area contributed by atoms with E-state index >= 15 is 0 Å². The van der Waals surface area contributed by atoms with Gasteiger partial charge in [-0.15, -0.1) is 0 Å². The Bertz CT molecular complexity index is 742. The van der Waals surface area contributed by atoms with Gasteiger partial charge in [0.1, 0.15) is 5.82 Å². The van der Waals surface area contributed by atoms with E-state index in [1.807, 2.05) is 0 Å². The fourth-order valence-electron chi connectivity index (χ4n) is 3.33. The molecule has 0 aromatic heterocycles. The molecule has 0 radical (unpaired) electrons. The molecule has 0 aliphatic carbocycles. The summed E-state index contributed by atoms with van der Waals surface area (Å²) in [5.41, 5.74) is 3.45. The largest absolute Gasteiger partial charge is 0.335 e. The Hall–Kier alpha value is -2.40. The molecule has 1 aliphatic rings. The third-order valence-corrected chi connectivity index (χ3v) is 4.92. The third-order valence-electron chi connectivity index (χ3n) is 4.92. The lowest BCUT2D eigenvalue weighted by Crippen LogP contribution is -2.47. The first kappa shape index (κ1) is 18.4. The summed E-state index contributed by atoms with van der Waals surface area (Å²) in [6.07, 6.45) is 1.89. The number of aryl methyl sites for hydroxylation is 1. The molecule has 2 amide bonds. The summed E-state index contributed by atoms with van der Waals surface area (Å²) in [5, 5.41) is 5.83. The Morgan fingerprint density at radius 2 is 1.92 bits per heavy atom. The first-order chi connectivity index (χ1) is 12.6. The number of hydrogen-bond acceptors (Lipinski definition) is 2. The Morgan fingerprint density at radius 1 is 1.15 bits per heavy atom. The zero-order valence-electron chi connectivity index (χ0n) is 15.2. The summed E-state index contributed by atoms with van der Waals surface area (Å²) >= 11 is 0. The molecule has 1 fully saturated rings. The van der Waals surface area contributed by atoms with Gasteiger partial charge in [-0.05, 0) is 48.6 Å². The summed E-state index contributed by atoms with van der Waals surface area (Å²) in [6, 6.07) is 14.8. The predicted octanol–water partition coefficient (Wildman–Crippen LogP) is 3.60. The van der Waals surface area contributed by atoms with E-state index in [0.717, 1.165) is 38.0 Å². The van der Waals surface area contributed by atoms with E-state index in [4.69, 9.17) is 0 Å². The zero-order chi connectivity index (χ0) is 18.4. The number of nitrogens with zero attached hydrogens (tertiary/aromatic N) is 1. The van der Waals surface area contributed by atoms with Crippen LogP contribution in [0, 0.1) is 12.7 Å². The fraction of sp³-hybridized carbons (Fsp3) is 0.381. The zero-order valence-corrected chi connectivity index (χ0v) is 15.2. The van der Waals surface area contributed by atoms with Gasteiger partial charge in [-0.2, -0.15) is 0 Å². The number of hydrogen-bond donors (Lipinski definition) is 2. The topological polar surface area (TPSA) is 44.4 Å². The molecule has 3 rings (SSSR count). The summed E-state index contributed by atoms with van der Waals surface area (Å²) in [5.74, 6) is -0.286. The number of urea groups is 1. The van der Waals surface area contributed by atoms with Gasteiger partial charge in [0, 0.05) is 32.2 Å². The Morgan fingerprint density at radius 3 is 2.65 bits per heavy atom. The lowest BCUT2D eigenvalue weighted by atomic mass is 10.0. The second kappa shape index (κ2) is 8.81. The smallest absolute Gasteiger partial charge is 0.315 e. The van der Waals surface area contributed by atoms with Crippen molar-refractivity contribution in [3.05, 3.63) is 71.0 Å². The average molecular weight is 355 g/mol. The summed E-state index contributed by atoms with van der Waals surface area (Å²) < 4.78 is 13.1. The van der Waals surface area contributed by atoms with Crippen molar-refractivity contribution in [1.82, 2.24) is 15.5 Å². The van der Waals surface area contributed by atoms with Crippen LogP contribution in [0.5, 0.6) is 0 Å². The van der Waals surface area contributed by atoms with Crippen LogP contribution in [-0.4, -0.2) is 30.1 Å². The van der Waals surface area contributed by atoms with Crippen LogP contribution in [-0.2, 0) is 13.1 Å². The normalized spacial score (nSPS) is 15.6. The highest BCUT2D eigenvalue weighted by Gasteiger charge is 2.20. The average Bonchev–Trinajstić information content (AvgIpc) is 2.64. The highest BCUT2D eigenvalue weighted by molar-refractivity contribution is 5.74. The number of carbonyl (C=O) groups excluding carboxylic acids is 1. The Labute approximate surface area is 154 Å². The Balaban J connectivity index is 1.39. The highest BCUT2D eigenvalue weighted by Crippen LogP contribution is 2.16. The molecule has 2 aromatic rings. The molecule has 1 heterocycles. The third kappa shape index (κ3) is 5.30. The van der Waals surface area contributed by atoms with Gasteiger partial charge in [0.25, 0.3) is 0 Å². The van der Waals surface area contributed by atoms with E-state index < -0.39 is 0 Å². The molecule has 0 atom stereocenters. The van der Waals surface area contributed by atoms with Crippen molar-refractivity contribution in [2.45, 2.75) is 38.9 Å². The van der Waals surface area contributed by atoms with Crippen LogP contribution >= 0.6 is 0 Å². The van der Waals surface area contributed by atoms with Gasteiger partial charge in [-0.3, -0.25) is 4.90 Å². The molecule has 2 N–H and O–H groups in total. The van der Waals surface area contributed by atoms with E-state index in [-0.39, 0.29) is 17.9 Å². The highest BCUT2D eigenvalue weighted by atomic mass is 19.1. The van der Waals surface area contributed by atoms with E-state index in [9.17, 15) is 9.18 Å². The van der Waals surface area contributed by atoms with Crippen molar-refractivity contribution in [3.8, 4) is 0 Å². The first-order valence-electron chi connectivity index (χ1n) is 9.16. The molecule has 0 bridgehead atoms. The van der Waals surface area contributed by atoms with Crippen molar-refractivity contribution in [3.63, 3.8) is 0 Å². The van der Waals surface area contributed by atoms with Crippen molar-refractivity contribution in [2.75, 3.05) is 13.1 Å². The van der Waals surface area contributed by atoms with Crippen molar-refractivity contribution in [1.29, 1.82) is 0 Å². The SMILES string of the molecule is Cc1ccccc1CN1CCC(NC(=O)NCc2cccc(F)c2)CC1. The number of carbonyl (C=O) groups is 1. The summed E-state index contributed by atoms with van der Waals surface area (Å²) in [4.78, 5) is 14.5. The maximum atomic E-state index is 13.1. The van der Waals surface area contributed by atoms with E-state index in [0.29, 0.717) is 6.54 Å². The molecule has 0 spiro atoms. The molecule has 26 heavy (non-hydrogen) atoms. The molecular formula is C21H26FN3O. The molecule has 138 valence electrons. The standard InChI is InChI=1S/C21H26FN3O/c1-16-5-2-3-7-18(16)15-25-11-9-20(10-12-25)24-21(26)23-14-17-6-4-8-19(22)13-17/h2-8,13,20H,9-12,14-15H2,1H3,(H2,23,24,26). The molecule has 4 nitrogen and oxygen atoms in total. The van der Waals surface area contributed by atoms with Crippen LogP contribution in [0.1, 0.15) is 29.5 Å². The summed E-state index contributed by atoms with van der Waals surface area (Å²) in [6.45, 7) is 5.39. The van der Waals surface area contributed by atoms with Gasteiger partial charge in [-0.25, -0.2) is 9.18 Å².